The molecule has 3 heteroatoms. The molecule has 0 aliphatic heterocycles. The van der Waals surface area contributed by atoms with Gasteiger partial charge in [0.15, 0.2) is 0 Å². The second kappa shape index (κ2) is 5.50. The Balaban J connectivity index is 1.91. The molecule has 0 saturated heterocycles. The topological polar surface area (TPSA) is 23.8 Å². The Kier molecular flexibility index (Phi) is 3.69. The number of aryl methyl sites for hydroxylation is 1. The molecule has 0 aromatic heterocycles. The highest BCUT2D eigenvalue weighted by Crippen LogP contribution is 2.39. The van der Waals surface area contributed by atoms with Crippen molar-refractivity contribution in [3.8, 4) is 6.07 Å². The van der Waals surface area contributed by atoms with Gasteiger partial charge in [0, 0.05) is 5.02 Å². The van der Waals surface area contributed by atoms with E-state index in [1.807, 2.05) is 12.1 Å². The van der Waals surface area contributed by atoms with Crippen LogP contribution in [0.15, 0.2) is 42.5 Å². The summed E-state index contributed by atoms with van der Waals surface area (Å²) in [6.07, 6.45) is 3.01. The fraction of sp³-hybridized carbons (Fsp3) is 0.278. The predicted molar refractivity (Wildman–Crippen MR) is 81.6 cm³/mol. The van der Waals surface area contributed by atoms with Crippen LogP contribution in [0, 0.1) is 22.6 Å². The van der Waals surface area contributed by atoms with Gasteiger partial charge in [0.05, 0.1) is 11.5 Å². The van der Waals surface area contributed by atoms with Gasteiger partial charge in [-0.2, -0.15) is 5.26 Å². The van der Waals surface area contributed by atoms with Crippen molar-refractivity contribution >= 4 is 11.6 Å². The minimum Gasteiger partial charge on any atom is -0.207 e. The van der Waals surface area contributed by atoms with E-state index in [-0.39, 0.29) is 5.82 Å². The summed E-state index contributed by atoms with van der Waals surface area (Å²) in [5, 5.41) is 10.1. The van der Waals surface area contributed by atoms with Gasteiger partial charge in [0.25, 0.3) is 0 Å². The summed E-state index contributed by atoms with van der Waals surface area (Å²) in [6.45, 7) is 0. The van der Waals surface area contributed by atoms with Gasteiger partial charge in [0.2, 0.25) is 0 Å². The van der Waals surface area contributed by atoms with Crippen LogP contribution in [0.2, 0.25) is 5.02 Å². The predicted octanol–water partition coefficient (Wildman–Crippen LogP) is 4.72. The first kappa shape index (κ1) is 14.1. The molecular weight excluding hydrogens is 285 g/mol. The standard InChI is InChI=1S/C18H15ClFN/c19-17-9-16(20)6-5-15(17)11-18(12-21)8-7-13-3-1-2-4-14(13)10-18/h1-6,9H,7-8,10-11H2. The number of nitrogens with zero attached hydrogens (tertiary/aromatic N) is 1. The van der Waals surface area contributed by atoms with E-state index in [1.165, 1.54) is 23.3 Å². The first-order chi connectivity index (χ1) is 10.1. The lowest BCUT2D eigenvalue weighted by molar-refractivity contribution is 0.339. The van der Waals surface area contributed by atoms with E-state index in [1.54, 1.807) is 6.07 Å². The molecule has 0 heterocycles. The average molecular weight is 300 g/mol. The molecule has 0 radical (unpaired) electrons. The Hall–Kier alpha value is -1.85. The normalized spacial score (nSPS) is 20.6. The van der Waals surface area contributed by atoms with Crippen LogP contribution in [0.4, 0.5) is 4.39 Å². The maximum Gasteiger partial charge on any atom is 0.124 e. The summed E-state index contributed by atoms with van der Waals surface area (Å²) in [4.78, 5) is 0. The molecule has 3 rings (SSSR count). The maximum atomic E-state index is 13.2. The van der Waals surface area contributed by atoms with Crippen molar-refractivity contribution in [2.24, 2.45) is 5.41 Å². The Morgan fingerprint density at radius 3 is 2.67 bits per heavy atom. The van der Waals surface area contributed by atoms with Gasteiger partial charge < -0.3 is 0 Å². The number of hydrogen-bond donors (Lipinski definition) is 0. The molecule has 106 valence electrons. The summed E-state index contributed by atoms with van der Waals surface area (Å²) >= 11 is 6.12. The Morgan fingerprint density at radius 1 is 1.19 bits per heavy atom. The van der Waals surface area contributed by atoms with Crippen LogP contribution in [0.1, 0.15) is 23.1 Å². The minimum absolute atomic E-state index is 0.344. The van der Waals surface area contributed by atoms with E-state index < -0.39 is 5.41 Å². The lowest BCUT2D eigenvalue weighted by atomic mass is 9.69. The summed E-state index contributed by atoms with van der Waals surface area (Å²) < 4.78 is 13.2. The Bertz CT molecular complexity index is 719. The first-order valence-electron chi connectivity index (χ1n) is 7.04. The molecule has 2 aromatic rings. The molecule has 1 unspecified atom stereocenters. The smallest absolute Gasteiger partial charge is 0.124 e. The van der Waals surface area contributed by atoms with Gasteiger partial charge >= 0.3 is 0 Å². The highest BCUT2D eigenvalue weighted by Gasteiger charge is 2.35. The van der Waals surface area contributed by atoms with Crippen molar-refractivity contribution in [3.63, 3.8) is 0 Å². The van der Waals surface area contributed by atoms with E-state index in [9.17, 15) is 9.65 Å². The minimum atomic E-state index is -0.449. The van der Waals surface area contributed by atoms with Crippen molar-refractivity contribution in [2.75, 3.05) is 0 Å². The van der Waals surface area contributed by atoms with Crippen LogP contribution in [0.25, 0.3) is 0 Å². The molecule has 1 atom stereocenters. The van der Waals surface area contributed by atoms with Crippen LogP contribution in [0.5, 0.6) is 0 Å². The Labute approximate surface area is 129 Å². The number of hydrogen-bond acceptors (Lipinski definition) is 1. The van der Waals surface area contributed by atoms with E-state index in [0.717, 1.165) is 24.8 Å². The van der Waals surface area contributed by atoms with Crippen molar-refractivity contribution in [1.29, 1.82) is 5.26 Å². The van der Waals surface area contributed by atoms with Gasteiger partial charge in [-0.3, -0.25) is 0 Å². The van der Waals surface area contributed by atoms with E-state index >= 15 is 0 Å². The van der Waals surface area contributed by atoms with Gasteiger partial charge in [0.1, 0.15) is 5.82 Å². The second-order valence-corrected chi connectivity index (χ2v) is 6.16. The molecule has 1 nitrogen and oxygen atoms in total. The fourth-order valence-corrected chi connectivity index (χ4v) is 3.35. The van der Waals surface area contributed by atoms with Crippen molar-refractivity contribution in [2.45, 2.75) is 25.7 Å². The molecule has 0 amide bonds. The second-order valence-electron chi connectivity index (χ2n) is 5.75. The largest absolute Gasteiger partial charge is 0.207 e. The monoisotopic (exact) mass is 299 g/mol. The number of rotatable bonds is 2. The van der Waals surface area contributed by atoms with Gasteiger partial charge in [-0.1, -0.05) is 41.9 Å². The van der Waals surface area contributed by atoms with Crippen molar-refractivity contribution < 1.29 is 4.39 Å². The number of halogens is 2. The molecule has 21 heavy (non-hydrogen) atoms. The summed E-state index contributed by atoms with van der Waals surface area (Å²) in [5.74, 6) is -0.344. The van der Waals surface area contributed by atoms with E-state index in [0.29, 0.717) is 11.4 Å². The molecule has 1 aliphatic carbocycles. The molecule has 2 aromatic carbocycles. The zero-order chi connectivity index (χ0) is 14.9. The zero-order valence-corrected chi connectivity index (χ0v) is 12.3. The highest BCUT2D eigenvalue weighted by atomic mass is 35.5. The average Bonchev–Trinajstić information content (AvgIpc) is 2.50. The van der Waals surface area contributed by atoms with Crippen LogP contribution >= 0.6 is 11.6 Å². The van der Waals surface area contributed by atoms with Gasteiger partial charge in [-0.05, 0) is 54.5 Å². The van der Waals surface area contributed by atoms with Crippen molar-refractivity contribution in [1.82, 2.24) is 0 Å². The molecule has 1 aliphatic rings. The van der Waals surface area contributed by atoms with Crippen LogP contribution in [-0.2, 0) is 19.3 Å². The molecule has 0 bridgehead atoms. The molecule has 0 spiro atoms. The lowest BCUT2D eigenvalue weighted by Gasteiger charge is -2.32. The zero-order valence-electron chi connectivity index (χ0n) is 11.6. The van der Waals surface area contributed by atoms with Crippen LogP contribution in [-0.4, -0.2) is 0 Å². The maximum absolute atomic E-state index is 13.2. The summed E-state index contributed by atoms with van der Waals surface area (Å²) in [6, 6.07) is 15.2. The quantitative estimate of drug-likeness (QED) is 0.787. The summed E-state index contributed by atoms with van der Waals surface area (Å²) in [7, 11) is 0. The Morgan fingerprint density at radius 2 is 1.95 bits per heavy atom. The summed E-state index contributed by atoms with van der Waals surface area (Å²) in [5.41, 5.74) is 2.96. The van der Waals surface area contributed by atoms with Crippen LogP contribution < -0.4 is 0 Å². The molecule has 0 N–H and O–H groups in total. The third-order valence-electron chi connectivity index (χ3n) is 4.30. The van der Waals surface area contributed by atoms with E-state index in [2.05, 4.69) is 18.2 Å². The molecular formula is C18H15ClFN. The van der Waals surface area contributed by atoms with E-state index in [4.69, 9.17) is 11.6 Å². The number of fused-ring (bicyclic) bond motifs is 1. The first-order valence-corrected chi connectivity index (χ1v) is 7.42. The molecule has 0 fully saturated rings. The highest BCUT2D eigenvalue weighted by molar-refractivity contribution is 6.31. The van der Waals surface area contributed by atoms with Gasteiger partial charge in [-0.25, -0.2) is 4.39 Å². The van der Waals surface area contributed by atoms with Crippen LogP contribution in [0.3, 0.4) is 0 Å². The van der Waals surface area contributed by atoms with Crippen molar-refractivity contribution in [3.05, 3.63) is 70.0 Å². The molecule has 0 saturated carbocycles. The number of nitriles is 1. The van der Waals surface area contributed by atoms with Gasteiger partial charge in [-0.15, -0.1) is 0 Å². The lowest BCUT2D eigenvalue weighted by Crippen LogP contribution is -2.30. The third-order valence-corrected chi connectivity index (χ3v) is 4.65. The third kappa shape index (κ3) is 2.80. The number of benzene rings is 2. The fourth-order valence-electron chi connectivity index (χ4n) is 3.12. The SMILES string of the molecule is N#CC1(Cc2ccc(F)cc2Cl)CCc2ccccc2C1.